The van der Waals surface area contributed by atoms with E-state index in [1.807, 2.05) is 32.3 Å². The molecule has 1 heterocycles. The van der Waals surface area contributed by atoms with Crippen LogP contribution in [0.4, 0.5) is 4.79 Å². The molecule has 0 aliphatic carbocycles. The van der Waals surface area contributed by atoms with Crippen LogP contribution in [0.5, 0.6) is 0 Å². The highest BCUT2D eigenvalue weighted by Gasteiger charge is 2.14. The second-order valence-electron chi connectivity index (χ2n) is 6.10. The number of rotatable bonds is 7. The molecule has 128 valence electrons. The van der Waals surface area contributed by atoms with Gasteiger partial charge in [0.15, 0.2) is 0 Å². The van der Waals surface area contributed by atoms with Crippen molar-refractivity contribution in [3.8, 4) is 0 Å². The molecule has 5 heteroatoms. The maximum absolute atomic E-state index is 12.0. The van der Waals surface area contributed by atoms with E-state index in [-0.39, 0.29) is 12.1 Å². The van der Waals surface area contributed by atoms with Gasteiger partial charge in [-0.05, 0) is 38.7 Å². The summed E-state index contributed by atoms with van der Waals surface area (Å²) in [5, 5.41) is 5.83. The molecule has 0 unspecified atom stereocenters. The Labute approximate surface area is 144 Å². The highest BCUT2D eigenvalue weighted by molar-refractivity contribution is 5.73. The second kappa shape index (κ2) is 9.03. The molecular weight excluding hydrogens is 300 g/mol. The predicted molar refractivity (Wildman–Crippen MR) is 96.9 cm³/mol. The normalized spacial score (nSPS) is 12.0. The molecule has 1 atom stereocenters. The summed E-state index contributed by atoms with van der Waals surface area (Å²) in [5.41, 5.74) is 3.40. The van der Waals surface area contributed by atoms with Gasteiger partial charge in [-0.15, -0.1) is 0 Å². The van der Waals surface area contributed by atoms with Crippen LogP contribution in [0.25, 0.3) is 0 Å². The fourth-order valence-electron chi connectivity index (χ4n) is 2.49. The zero-order chi connectivity index (χ0) is 17.4. The number of pyridine rings is 1. The first-order valence-electron chi connectivity index (χ1n) is 8.21. The van der Waals surface area contributed by atoms with Gasteiger partial charge in [0.05, 0.1) is 6.04 Å². The molecule has 0 aliphatic heterocycles. The standard InChI is InChI=1S/C19H26N4O/c1-15-7-9-16(10-8-15)18(23(2)3)14-22-19(24)21-13-11-17-6-4-5-12-20-17/h4-10,12,18H,11,13-14H2,1-3H3,(H2,21,22,24)/t18-/m0/s1. The molecule has 2 amide bonds. The van der Waals surface area contributed by atoms with Gasteiger partial charge >= 0.3 is 6.03 Å². The third-order valence-corrected chi connectivity index (χ3v) is 3.93. The van der Waals surface area contributed by atoms with E-state index in [1.54, 1.807) is 6.20 Å². The summed E-state index contributed by atoms with van der Waals surface area (Å²) in [4.78, 5) is 18.3. The topological polar surface area (TPSA) is 57.3 Å². The van der Waals surface area contributed by atoms with E-state index in [0.717, 1.165) is 12.1 Å². The lowest BCUT2D eigenvalue weighted by atomic mass is 10.0. The van der Waals surface area contributed by atoms with Crippen LogP contribution in [0.2, 0.25) is 0 Å². The molecule has 2 rings (SSSR count). The molecule has 1 aromatic heterocycles. The molecule has 2 N–H and O–H groups in total. The first-order chi connectivity index (χ1) is 11.6. The van der Waals surface area contributed by atoms with Gasteiger partial charge in [-0.1, -0.05) is 35.9 Å². The minimum atomic E-state index is -0.148. The van der Waals surface area contributed by atoms with Crippen LogP contribution in [0, 0.1) is 6.92 Å². The zero-order valence-electron chi connectivity index (χ0n) is 14.6. The number of nitrogens with zero attached hydrogens (tertiary/aromatic N) is 2. The molecule has 0 aliphatic rings. The number of likely N-dealkylation sites (N-methyl/N-ethyl adjacent to an activating group) is 1. The van der Waals surface area contributed by atoms with Crippen LogP contribution >= 0.6 is 0 Å². The summed E-state index contributed by atoms with van der Waals surface area (Å²) in [5.74, 6) is 0. The van der Waals surface area contributed by atoms with Crippen molar-refractivity contribution in [2.75, 3.05) is 27.2 Å². The predicted octanol–water partition coefficient (Wildman–Crippen LogP) is 2.53. The Morgan fingerprint density at radius 3 is 2.50 bits per heavy atom. The molecule has 0 radical (unpaired) electrons. The van der Waals surface area contributed by atoms with E-state index in [2.05, 4.69) is 51.7 Å². The third kappa shape index (κ3) is 5.66. The van der Waals surface area contributed by atoms with E-state index >= 15 is 0 Å². The van der Waals surface area contributed by atoms with Gasteiger partial charge in [0.25, 0.3) is 0 Å². The number of carbonyl (C=O) groups is 1. The highest BCUT2D eigenvalue weighted by Crippen LogP contribution is 2.17. The number of hydrogen-bond acceptors (Lipinski definition) is 3. The lowest BCUT2D eigenvalue weighted by molar-refractivity contribution is 0.233. The van der Waals surface area contributed by atoms with Crippen LogP contribution in [0.1, 0.15) is 22.9 Å². The second-order valence-corrected chi connectivity index (χ2v) is 6.10. The SMILES string of the molecule is Cc1ccc([C@H](CNC(=O)NCCc2ccccn2)N(C)C)cc1. The maximum Gasteiger partial charge on any atom is 0.314 e. The maximum atomic E-state index is 12.0. The lowest BCUT2D eigenvalue weighted by Gasteiger charge is -2.25. The molecule has 2 aromatic rings. The van der Waals surface area contributed by atoms with E-state index in [4.69, 9.17) is 0 Å². The van der Waals surface area contributed by atoms with E-state index in [1.165, 1.54) is 11.1 Å². The minimum Gasteiger partial charge on any atom is -0.338 e. The van der Waals surface area contributed by atoms with Crippen molar-refractivity contribution in [2.24, 2.45) is 0 Å². The third-order valence-electron chi connectivity index (χ3n) is 3.93. The fourth-order valence-corrected chi connectivity index (χ4v) is 2.49. The number of nitrogens with one attached hydrogen (secondary N) is 2. The number of hydrogen-bond donors (Lipinski definition) is 2. The number of amides is 2. The van der Waals surface area contributed by atoms with Crippen molar-refractivity contribution in [3.63, 3.8) is 0 Å². The monoisotopic (exact) mass is 326 g/mol. The summed E-state index contributed by atoms with van der Waals surface area (Å²) >= 11 is 0. The van der Waals surface area contributed by atoms with E-state index in [0.29, 0.717) is 13.1 Å². The Morgan fingerprint density at radius 1 is 1.12 bits per heavy atom. The summed E-state index contributed by atoms with van der Waals surface area (Å²) in [6, 6.07) is 14.2. The highest BCUT2D eigenvalue weighted by atomic mass is 16.2. The largest absolute Gasteiger partial charge is 0.338 e. The van der Waals surface area contributed by atoms with Gasteiger partial charge in [-0.3, -0.25) is 4.98 Å². The quantitative estimate of drug-likeness (QED) is 0.822. The Hall–Kier alpha value is -2.40. The van der Waals surface area contributed by atoms with Gasteiger partial charge in [0, 0.05) is 31.4 Å². The molecule has 0 saturated carbocycles. The number of carbonyl (C=O) groups excluding carboxylic acids is 1. The average Bonchev–Trinajstić information content (AvgIpc) is 2.57. The average molecular weight is 326 g/mol. The van der Waals surface area contributed by atoms with E-state index < -0.39 is 0 Å². The van der Waals surface area contributed by atoms with Crippen LogP contribution < -0.4 is 10.6 Å². The summed E-state index contributed by atoms with van der Waals surface area (Å²) in [6.45, 7) is 3.20. The van der Waals surface area contributed by atoms with Crippen LogP contribution in [-0.2, 0) is 6.42 Å². The number of urea groups is 1. The van der Waals surface area contributed by atoms with Crippen molar-refractivity contribution in [2.45, 2.75) is 19.4 Å². The number of aryl methyl sites for hydroxylation is 1. The molecule has 5 nitrogen and oxygen atoms in total. The Kier molecular flexibility index (Phi) is 6.75. The summed E-state index contributed by atoms with van der Waals surface area (Å²) in [6.07, 6.45) is 2.49. The van der Waals surface area contributed by atoms with Crippen molar-refractivity contribution < 1.29 is 4.79 Å². The molecule has 0 spiro atoms. The van der Waals surface area contributed by atoms with Crippen LogP contribution in [-0.4, -0.2) is 43.1 Å². The Bertz CT molecular complexity index is 626. The van der Waals surface area contributed by atoms with Crippen LogP contribution in [0.3, 0.4) is 0 Å². The Balaban J connectivity index is 1.79. The first-order valence-corrected chi connectivity index (χ1v) is 8.21. The number of aromatic nitrogens is 1. The molecule has 1 aromatic carbocycles. The Morgan fingerprint density at radius 2 is 1.88 bits per heavy atom. The molecule has 24 heavy (non-hydrogen) atoms. The van der Waals surface area contributed by atoms with Gasteiger partial charge in [-0.2, -0.15) is 0 Å². The van der Waals surface area contributed by atoms with Gasteiger partial charge in [-0.25, -0.2) is 4.79 Å². The lowest BCUT2D eigenvalue weighted by Crippen LogP contribution is -2.41. The summed E-state index contributed by atoms with van der Waals surface area (Å²) in [7, 11) is 4.04. The van der Waals surface area contributed by atoms with Crippen molar-refractivity contribution in [1.29, 1.82) is 0 Å². The molecular formula is C19H26N4O. The summed E-state index contributed by atoms with van der Waals surface area (Å²) < 4.78 is 0. The molecule has 0 bridgehead atoms. The smallest absolute Gasteiger partial charge is 0.314 e. The van der Waals surface area contributed by atoms with Crippen molar-refractivity contribution in [1.82, 2.24) is 20.5 Å². The van der Waals surface area contributed by atoms with Crippen LogP contribution in [0.15, 0.2) is 48.7 Å². The van der Waals surface area contributed by atoms with Crippen molar-refractivity contribution >= 4 is 6.03 Å². The van der Waals surface area contributed by atoms with Gasteiger partial charge in [0.1, 0.15) is 0 Å². The van der Waals surface area contributed by atoms with Crippen molar-refractivity contribution in [3.05, 3.63) is 65.5 Å². The zero-order valence-corrected chi connectivity index (χ0v) is 14.6. The van der Waals surface area contributed by atoms with Gasteiger partial charge < -0.3 is 15.5 Å². The molecule has 0 saturated heterocycles. The number of benzene rings is 1. The van der Waals surface area contributed by atoms with Gasteiger partial charge in [0.2, 0.25) is 0 Å². The van der Waals surface area contributed by atoms with E-state index in [9.17, 15) is 4.79 Å². The molecule has 0 fully saturated rings. The first kappa shape index (κ1) is 17.9. The fraction of sp³-hybridized carbons (Fsp3) is 0.368. The minimum absolute atomic E-state index is 0.146.